The standard InChI is InChI=1S/C28H44O3.C11H24O.C4H10S.2C3H8/c1-4-5-6-7-8-12-15-24-30-25(2)16-13-10-9-11-14-17-26(3)31-28-20-18-27(19-21-28)22-23-29;1-4-6-8-11(7-5-2)9-10-12-3;1-3-4-5-2;2*1-3-2/h18-21,23H,2-17,22,24H2,1H3;11H,4-10H2,1-3H3;3-4H2,1-2H3;2*3H2,1-2H3. The van der Waals surface area contributed by atoms with E-state index in [-0.39, 0.29) is 0 Å². The number of hydrogen-bond donors (Lipinski definition) is 0. The summed E-state index contributed by atoms with van der Waals surface area (Å²) < 4.78 is 16.6. The molecule has 0 aliphatic heterocycles. The number of ether oxygens (including phenoxy) is 3. The van der Waals surface area contributed by atoms with Gasteiger partial charge >= 0.3 is 0 Å². The molecule has 0 N–H and O–H groups in total. The van der Waals surface area contributed by atoms with Gasteiger partial charge in [0.25, 0.3) is 0 Å². The molecule has 0 heterocycles. The van der Waals surface area contributed by atoms with Gasteiger partial charge in [0.15, 0.2) is 0 Å². The summed E-state index contributed by atoms with van der Waals surface area (Å²) in [7, 11) is 1.79. The summed E-state index contributed by atoms with van der Waals surface area (Å²) in [5.41, 5.74) is 0.999. The Morgan fingerprint density at radius 2 is 1.15 bits per heavy atom. The third-order valence-corrected chi connectivity index (χ3v) is 9.09. The highest BCUT2D eigenvalue weighted by atomic mass is 32.2. The van der Waals surface area contributed by atoms with Gasteiger partial charge in [0, 0.05) is 33.0 Å². The van der Waals surface area contributed by atoms with Crippen LogP contribution in [0.2, 0.25) is 0 Å². The third kappa shape index (κ3) is 52.4. The van der Waals surface area contributed by atoms with E-state index in [9.17, 15) is 4.79 Å². The van der Waals surface area contributed by atoms with Crippen LogP contribution in [0.1, 0.15) is 209 Å². The van der Waals surface area contributed by atoms with Crippen LogP contribution in [0.4, 0.5) is 0 Å². The Morgan fingerprint density at radius 1 is 0.630 bits per heavy atom. The smallest absolute Gasteiger partial charge is 0.126 e. The number of carbonyl (C=O) groups excluding carboxylic acids is 1. The van der Waals surface area contributed by atoms with Gasteiger partial charge in [0.2, 0.25) is 0 Å². The van der Waals surface area contributed by atoms with Gasteiger partial charge in [0.1, 0.15) is 12.0 Å². The zero-order valence-corrected chi connectivity index (χ0v) is 38.8. The molecule has 0 saturated carbocycles. The molecule has 0 spiro atoms. The predicted molar refractivity (Wildman–Crippen MR) is 246 cm³/mol. The van der Waals surface area contributed by atoms with Gasteiger partial charge < -0.3 is 19.0 Å². The molecule has 0 radical (unpaired) electrons. The van der Waals surface area contributed by atoms with Crippen LogP contribution in [-0.2, 0) is 20.7 Å². The SMILES string of the molecule is C=C(CCCCCCCC(=C)Oc1ccc(CC=O)cc1)OCCCCCCCCC.CCC.CCC.CCCCC(CCC)CCOC.CCCSC. The average molecular weight is 779 g/mol. The Bertz CT molecular complexity index is 842. The van der Waals surface area contributed by atoms with E-state index in [1.54, 1.807) is 7.11 Å². The van der Waals surface area contributed by atoms with Crippen LogP contribution >= 0.6 is 11.8 Å². The largest absolute Gasteiger partial charge is 0.499 e. The maximum absolute atomic E-state index is 10.5. The molecule has 0 fully saturated rings. The van der Waals surface area contributed by atoms with Crippen molar-refractivity contribution in [2.24, 2.45) is 5.92 Å². The van der Waals surface area contributed by atoms with E-state index in [2.05, 4.69) is 74.8 Å². The first-order valence-corrected chi connectivity index (χ1v) is 23.8. The lowest BCUT2D eigenvalue weighted by atomic mass is 9.94. The third-order valence-electron chi connectivity index (χ3n) is 8.27. The maximum atomic E-state index is 10.5. The molecular formula is C49H94O4S. The first-order chi connectivity index (χ1) is 26.2. The van der Waals surface area contributed by atoms with Crippen LogP contribution in [-0.4, -0.2) is 38.6 Å². The van der Waals surface area contributed by atoms with Crippen molar-refractivity contribution in [1.82, 2.24) is 0 Å². The molecular weight excluding hydrogens is 685 g/mol. The number of unbranched alkanes of at least 4 members (excludes halogenated alkanes) is 11. The van der Waals surface area contributed by atoms with E-state index < -0.39 is 0 Å². The predicted octanol–water partition coefficient (Wildman–Crippen LogP) is 16.6. The van der Waals surface area contributed by atoms with Gasteiger partial charge in [-0.3, -0.25) is 0 Å². The molecule has 0 aliphatic rings. The van der Waals surface area contributed by atoms with Gasteiger partial charge in [0.05, 0.1) is 18.1 Å². The van der Waals surface area contributed by atoms with Crippen LogP contribution in [0.3, 0.4) is 0 Å². The zero-order valence-electron chi connectivity index (χ0n) is 38.0. The van der Waals surface area contributed by atoms with Gasteiger partial charge in [-0.05, 0) is 67.7 Å². The quantitative estimate of drug-likeness (QED) is 0.0427. The number of benzene rings is 1. The molecule has 0 bridgehead atoms. The van der Waals surface area contributed by atoms with E-state index in [1.807, 2.05) is 36.0 Å². The second-order valence-corrected chi connectivity index (χ2v) is 15.4. The van der Waals surface area contributed by atoms with E-state index in [0.717, 1.165) is 80.4 Å². The molecule has 0 aromatic heterocycles. The Labute approximate surface area is 343 Å². The van der Waals surface area contributed by atoms with Crippen LogP contribution in [0, 0.1) is 5.92 Å². The molecule has 0 aliphatic carbocycles. The highest BCUT2D eigenvalue weighted by Crippen LogP contribution is 2.20. The van der Waals surface area contributed by atoms with Crippen LogP contribution in [0.5, 0.6) is 5.75 Å². The molecule has 5 heteroatoms. The van der Waals surface area contributed by atoms with Crippen molar-refractivity contribution in [2.45, 2.75) is 209 Å². The number of hydrogen-bond acceptors (Lipinski definition) is 5. The van der Waals surface area contributed by atoms with Crippen molar-refractivity contribution in [2.75, 3.05) is 32.3 Å². The van der Waals surface area contributed by atoms with Crippen molar-refractivity contribution in [1.29, 1.82) is 0 Å². The Hall–Kier alpha value is -1.72. The summed E-state index contributed by atoms with van der Waals surface area (Å²) in [5, 5.41) is 0. The Kier molecular flexibility index (Phi) is 58.3. The topological polar surface area (TPSA) is 44.8 Å². The molecule has 1 unspecified atom stereocenters. The Balaban J connectivity index is -0.000000442. The second kappa shape index (κ2) is 53.4. The maximum Gasteiger partial charge on any atom is 0.126 e. The molecule has 1 atom stereocenters. The fourth-order valence-corrected chi connectivity index (χ4v) is 5.76. The molecule has 320 valence electrons. The lowest BCUT2D eigenvalue weighted by molar-refractivity contribution is -0.107. The minimum Gasteiger partial charge on any atom is -0.499 e. The summed E-state index contributed by atoms with van der Waals surface area (Å²) in [4.78, 5) is 10.5. The fourth-order valence-electron chi connectivity index (χ4n) is 5.35. The summed E-state index contributed by atoms with van der Waals surface area (Å²) in [6.07, 6.45) is 32.3. The zero-order chi connectivity index (χ0) is 41.3. The van der Waals surface area contributed by atoms with Crippen molar-refractivity contribution in [3.8, 4) is 5.75 Å². The molecule has 0 amide bonds. The van der Waals surface area contributed by atoms with E-state index in [1.165, 1.54) is 121 Å². The normalized spacial score (nSPS) is 10.5. The molecule has 1 aromatic rings. The lowest BCUT2D eigenvalue weighted by Crippen LogP contribution is -2.04. The monoisotopic (exact) mass is 779 g/mol. The summed E-state index contributed by atoms with van der Waals surface area (Å²) >= 11 is 1.90. The molecule has 1 rings (SSSR count). The van der Waals surface area contributed by atoms with E-state index in [4.69, 9.17) is 14.2 Å². The van der Waals surface area contributed by atoms with Gasteiger partial charge in [-0.1, -0.05) is 183 Å². The average Bonchev–Trinajstić information content (AvgIpc) is 3.16. The molecule has 0 saturated heterocycles. The van der Waals surface area contributed by atoms with Crippen LogP contribution in [0.15, 0.2) is 48.9 Å². The molecule has 54 heavy (non-hydrogen) atoms. The van der Waals surface area contributed by atoms with Gasteiger partial charge in [-0.25, -0.2) is 0 Å². The Morgan fingerprint density at radius 3 is 1.61 bits per heavy atom. The minimum absolute atomic E-state index is 0.444. The fraction of sp³-hybridized carbons (Fsp3) is 0.776. The summed E-state index contributed by atoms with van der Waals surface area (Å²) in [6, 6.07) is 7.63. The van der Waals surface area contributed by atoms with Crippen molar-refractivity contribution >= 4 is 18.0 Å². The van der Waals surface area contributed by atoms with E-state index in [0.29, 0.717) is 6.42 Å². The van der Waals surface area contributed by atoms with Crippen molar-refractivity contribution in [3.05, 3.63) is 54.5 Å². The van der Waals surface area contributed by atoms with Crippen LogP contribution in [0.25, 0.3) is 0 Å². The first-order valence-electron chi connectivity index (χ1n) is 22.4. The van der Waals surface area contributed by atoms with Crippen molar-refractivity contribution in [3.63, 3.8) is 0 Å². The summed E-state index contributed by atoms with van der Waals surface area (Å²) in [5.74, 6) is 4.76. The first kappa shape index (κ1) is 59.0. The highest BCUT2D eigenvalue weighted by Gasteiger charge is 2.06. The highest BCUT2D eigenvalue weighted by molar-refractivity contribution is 7.98. The molecule has 1 aromatic carbocycles. The van der Waals surface area contributed by atoms with Crippen molar-refractivity contribution < 1.29 is 19.0 Å². The number of thioether (sulfide) groups is 1. The second-order valence-electron chi connectivity index (χ2n) is 14.4. The summed E-state index contributed by atoms with van der Waals surface area (Å²) in [6.45, 7) is 27.3. The number of aldehydes is 1. The number of allylic oxidation sites excluding steroid dienone is 2. The number of methoxy groups -OCH3 is 1. The van der Waals surface area contributed by atoms with E-state index >= 15 is 0 Å². The molecule has 4 nitrogen and oxygen atoms in total. The minimum atomic E-state index is 0.444. The van der Waals surface area contributed by atoms with Gasteiger partial charge in [-0.2, -0.15) is 11.8 Å². The van der Waals surface area contributed by atoms with Gasteiger partial charge in [-0.15, -0.1) is 0 Å². The lowest BCUT2D eigenvalue weighted by Gasteiger charge is -2.14. The number of rotatable bonds is 31. The van der Waals surface area contributed by atoms with Crippen LogP contribution < -0.4 is 4.74 Å². The number of carbonyl (C=O) groups is 1.